The summed E-state index contributed by atoms with van der Waals surface area (Å²) in [6, 6.07) is 10.9. The van der Waals surface area contributed by atoms with Gasteiger partial charge in [-0.1, -0.05) is 39.0 Å². The van der Waals surface area contributed by atoms with Crippen LogP contribution in [0.3, 0.4) is 0 Å². The van der Waals surface area contributed by atoms with Crippen LogP contribution < -0.4 is 15.8 Å². The summed E-state index contributed by atoms with van der Waals surface area (Å²) in [6.07, 6.45) is 0. The highest BCUT2D eigenvalue weighted by atomic mass is 16.5. The van der Waals surface area contributed by atoms with Crippen LogP contribution >= 0.6 is 0 Å². The van der Waals surface area contributed by atoms with Gasteiger partial charge < -0.3 is 15.8 Å². The minimum absolute atomic E-state index is 0.0316. The highest BCUT2D eigenvalue weighted by molar-refractivity contribution is 5.99. The molecule has 0 aliphatic heterocycles. The number of esters is 1. The van der Waals surface area contributed by atoms with Crippen LogP contribution in [0.25, 0.3) is 10.8 Å². The number of amidine groups is 1. The summed E-state index contributed by atoms with van der Waals surface area (Å²) in [7, 11) is 0. The Kier molecular flexibility index (Phi) is 5.18. The van der Waals surface area contributed by atoms with E-state index < -0.39 is 5.54 Å². The Labute approximate surface area is 149 Å². The summed E-state index contributed by atoms with van der Waals surface area (Å²) in [5.41, 5.74) is 5.49. The van der Waals surface area contributed by atoms with Crippen LogP contribution in [-0.2, 0) is 4.79 Å². The third kappa shape index (κ3) is 5.03. The maximum atomic E-state index is 12.5. The molecular weight excluding hydrogens is 314 g/mol. The molecule has 2 aromatic rings. The molecule has 2 rings (SSSR count). The van der Waals surface area contributed by atoms with E-state index >= 15 is 0 Å². The Bertz CT molecular complexity index is 804. The average molecular weight is 341 g/mol. The van der Waals surface area contributed by atoms with Crippen LogP contribution in [0.1, 0.15) is 40.2 Å². The molecule has 5 heteroatoms. The predicted octanol–water partition coefficient (Wildman–Crippen LogP) is 3.44. The monoisotopic (exact) mass is 341 g/mol. The molecule has 134 valence electrons. The van der Waals surface area contributed by atoms with Crippen molar-refractivity contribution in [2.75, 3.05) is 6.54 Å². The predicted molar refractivity (Wildman–Crippen MR) is 102 cm³/mol. The van der Waals surface area contributed by atoms with E-state index in [1.54, 1.807) is 12.1 Å². The molecule has 0 aliphatic carbocycles. The number of nitrogens with one attached hydrogen (secondary N) is 2. The average Bonchev–Trinajstić information content (AvgIpc) is 2.51. The van der Waals surface area contributed by atoms with Gasteiger partial charge in [0.15, 0.2) is 0 Å². The van der Waals surface area contributed by atoms with E-state index in [1.165, 1.54) is 0 Å². The maximum absolute atomic E-state index is 12.5. The number of rotatable bonds is 5. The zero-order valence-corrected chi connectivity index (χ0v) is 15.6. The number of ether oxygens (including phenoxy) is 1. The van der Waals surface area contributed by atoms with Crippen molar-refractivity contribution in [3.05, 3.63) is 42.0 Å². The van der Waals surface area contributed by atoms with Gasteiger partial charge in [0, 0.05) is 12.1 Å². The Hall–Kier alpha value is -2.40. The summed E-state index contributed by atoms with van der Waals surface area (Å²) < 4.78 is 5.56. The fourth-order valence-corrected chi connectivity index (χ4v) is 2.25. The molecule has 0 aliphatic rings. The van der Waals surface area contributed by atoms with E-state index in [4.69, 9.17) is 15.9 Å². The normalized spacial score (nSPS) is 12.2. The number of carbonyl (C=O) groups excluding carboxylic acids is 1. The Morgan fingerprint density at radius 3 is 2.28 bits per heavy atom. The second-order valence-corrected chi connectivity index (χ2v) is 8.07. The molecule has 0 atom stereocenters. The Morgan fingerprint density at radius 2 is 1.68 bits per heavy atom. The van der Waals surface area contributed by atoms with E-state index in [0.717, 1.165) is 10.8 Å². The summed E-state index contributed by atoms with van der Waals surface area (Å²) in [4.78, 5) is 12.5. The van der Waals surface area contributed by atoms with Crippen molar-refractivity contribution in [2.24, 2.45) is 11.1 Å². The summed E-state index contributed by atoms with van der Waals surface area (Å²) in [5.74, 6) is 0.208. The molecule has 0 bridgehead atoms. The lowest BCUT2D eigenvalue weighted by Gasteiger charge is -2.28. The maximum Gasteiger partial charge on any atom is 0.331 e. The lowest BCUT2D eigenvalue weighted by atomic mass is 9.94. The first-order chi connectivity index (χ1) is 11.5. The molecule has 0 amide bonds. The van der Waals surface area contributed by atoms with Gasteiger partial charge in [-0.3, -0.25) is 5.41 Å². The van der Waals surface area contributed by atoms with Gasteiger partial charge in [0.25, 0.3) is 0 Å². The number of hydrogen-bond donors (Lipinski definition) is 3. The van der Waals surface area contributed by atoms with Crippen molar-refractivity contribution in [3.63, 3.8) is 0 Å². The second-order valence-electron chi connectivity index (χ2n) is 8.07. The van der Waals surface area contributed by atoms with E-state index in [-0.39, 0.29) is 17.2 Å². The number of hydrogen-bond acceptors (Lipinski definition) is 4. The van der Waals surface area contributed by atoms with Crippen molar-refractivity contribution in [2.45, 2.75) is 40.2 Å². The molecule has 25 heavy (non-hydrogen) atoms. The first-order valence-corrected chi connectivity index (χ1v) is 8.33. The second kappa shape index (κ2) is 6.84. The standard InChI is InChI=1S/C20H27N3O2/c1-19(2,3)12-23-20(4,5)18(24)25-16-9-8-13-10-15(17(21)22)7-6-14(13)11-16/h6-11,23H,12H2,1-5H3,(H3,21,22). The molecular formula is C20H27N3O2. The fraction of sp³-hybridized carbons (Fsp3) is 0.400. The van der Waals surface area contributed by atoms with Gasteiger partial charge in [-0.2, -0.15) is 0 Å². The van der Waals surface area contributed by atoms with E-state index in [0.29, 0.717) is 17.9 Å². The minimum Gasteiger partial charge on any atom is -0.425 e. The van der Waals surface area contributed by atoms with Gasteiger partial charge in [-0.15, -0.1) is 0 Å². The molecule has 4 N–H and O–H groups in total. The molecule has 5 nitrogen and oxygen atoms in total. The zero-order chi connectivity index (χ0) is 18.8. The highest BCUT2D eigenvalue weighted by Crippen LogP contribution is 2.23. The topological polar surface area (TPSA) is 88.2 Å². The van der Waals surface area contributed by atoms with Crippen LogP contribution in [0.4, 0.5) is 0 Å². The largest absolute Gasteiger partial charge is 0.425 e. The summed E-state index contributed by atoms with van der Waals surface area (Å²) in [5, 5.41) is 12.6. The summed E-state index contributed by atoms with van der Waals surface area (Å²) >= 11 is 0. The third-order valence-corrected chi connectivity index (χ3v) is 3.90. The van der Waals surface area contributed by atoms with Gasteiger partial charge in [-0.05, 0) is 48.2 Å². The van der Waals surface area contributed by atoms with Crippen LogP contribution in [0.5, 0.6) is 5.75 Å². The summed E-state index contributed by atoms with van der Waals surface area (Å²) in [6.45, 7) is 10.7. The molecule has 2 aromatic carbocycles. The minimum atomic E-state index is -0.777. The number of nitrogens with two attached hydrogens (primary N) is 1. The van der Waals surface area contributed by atoms with Crippen molar-refractivity contribution in [1.82, 2.24) is 5.32 Å². The lowest BCUT2D eigenvalue weighted by molar-refractivity contribution is -0.140. The molecule has 0 saturated carbocycles. The van der Waals surface area contributed by atoms with Gasteiger partial charge >= 0.3 is 5.97 Å². The van der Waals surface area contributed by atoms with E-state index in [9.17, 15) is 4.79 Å². The molecule has 0 saturated heterocycles. The van der Waals surface area contributed by atoms with Crippen LogP contribution in [0.2, 0.25) is 0 Å². The quantitative estimate of drug-likeness (QED) is 0.336. The number of fused-ring (bicyclic) bond motifs is 1. The molecule has 0 aromatic heterocycles. The van der Waals surface area contributed by atoms with Crippen molar-refractivity contribution < 1.29 is 9.53 Å². The van der Waals surface area contributed by atoms with Crippen molar-refractivity contribution >= 4 is 22.6 Å². The molecule has 0 fully saturated rings. The van der Waals surface area contributed by atoms with Crippen molar-refractivity contribution in [1.29, 1.82) is 5.41 Å². The number of benzene rings is 2. The van der Waals surface area contributed by atoms with Gasteiger partial charge in [0.05, 0.1) is 0 Å². The Morgan fingerprint density at radius 1 is 1.08 bits per heavy atom. The molecule has 0 spiro atoms. The van der Waals surface area contributed by atoms with Crippen LogP contribution in [0, 0.1) is 10.8 Å². The number of nitrogen functional groups attached to an aromatic ring is 1. The highest BCUT2D eigenvalue weighted by Gasteiger charge is 2.30. The zero-order valence-electron chi connectivity index (χ0n) is 15.6. The van der Waals surface area contributed by atoms with Crippen molar-refractivity contribution in [3.8, 4) is 5.75 Å². The SMILES string of the molecule is CC(C)(C)CNC(C)(C)C(=O)Oc1ccc2cc(C(=N)N)ccc2c1. The number of carbonyl (C=O) groups is 1. The molecule has 0 unspecified atom stereocenters. The molecule has 0 heterocycles. The van der Waals surface area contributed by atoms with E-state index in [1.807, 2.05) is 38.1 Å². The lowest BCUT2D eigenvalue weighted by Crippen LogP contribution is -2.51. The third-order valence-electron chi connectivity index (χ3n) is 3.90. The fourth-order valence-electron chi connectivity index (χ4n) is 2.25. The first kappa shape index (κ1) is 18.9. The van der Waals surface area contributed by atoms with Gasteiger partial charge in [0.2, 0.25) is 0 Å². The molecule has 0 radical (unpaired) electrons. The van der Waals surface area contributed by atoms with E-state index in [2.05, 4.69) is 26.1 Å². The smallest absolute Gasteiger partial charge is 0.331 e. The first-order valence-electron chi connectivity index (χ1n) is 8.33. The van der Waals surface area contributed by atoms with Gasteiger partial charge in [0.1, 0.15) is 17.1 Å². The van der Waals surface area contributed by atoms with Crippen LogP contribution in [0.15, 0.2) is 36.4 Å². The van der Waals surface area contributed by atoms with Crippen LogP contribution in [-0.4, -0.2) is 23.9 Å². The Balaban J connectivity index is 2.15. The van der Waals surface area contributed by atoms with Gasteiger partial charge in [-0.25, -0.2) is 4.79 Å².